The molecular weight excluding hydrogens is 393 g/mol. The van der Waals surface area contributed by atoms with Gasteiger partial charge in [-0.15, -0.1) is 11.3 Å². The SMILES string of the molecule is O=C(NCc1ccc(F)c(Cl)c1)c1cc(C(=O)NCc2nccs2)ncn1. The first-order chi connectivity index (χ1) is 13.0. The summed E-state index contributed by atoms with van der Waals surface area (Å²) in [4.78, 5) is 36.2. The minimum Gasteiger partial charge on any atom is -0.347 e. The van der Waals surface area contributed by atoms with Gasteiger partial charge >= 0.3 is 0 Å². The molecule has 1 aromatic carbocycles. The molecular formula is C17H13ClFN5O2S. The second kappa shape index (κ2) is 8.65. The van der Waals surface area contributed by atoms with Gasteiger partial charge in [0.05, 0.1) is 11.6 Å². The Kier molecular flexibility index (Phi) is 6.05. The Labute approximate surface area is 162 Å². The van der Waals surface area contributed by atoms with E-state index in [4.69, 9.17) is 11.6 Å². The van der Waals surface area contributed by atoms with Crippen molar-refractivity contribution in [2.75, 3.05) is 0 Å². The Bertz CT molecular complexity index is 968. The van der Waals surface area contributed by atoms with Gasteiger partial charge in [0.25, 0.3) is 11.8 Å². The molecule has 138 valence electrons. The van der Waals surface area contributed by atoms with Gasteiger partial charge in [0.2, 0.25) is 0 Å². The van der Waals surface area contributed by atoms with Crippen molar-refractivity contribution in [3.63, 3.8) is 0 Å². The van der Waals surface area contributed by atoms with Gasteiger partial charge in [-0.05, 0) is 17.7 Å². The average molecular weight is 406 g/mol. The number of nitrogens with one attached hydrogen (secondary N) is 2. The van der Waals surface area contributed by atoms with Crippen molar-refractivity contribution in [1.29, 1.82) is 0 Å². The molecule has 0 spiro atoms. The Balaban J connectivity index is 1.60. The first-order valence-corrected chi connectivity index (χ1v) is 8.99. The van der Waals surface area contributed by atoms with E-state index in [0.717, 1.165) is 11.3 Å². The average Bonchev–Trinajstić information content (AvgIpc) is 3.20. The van der Waals surface area contributed by atoms with E-state index in [0.29, 0.717) is 5.56 Å². The smallest absolute Gasteiger partial charge is 0.270 e. The molecule has 0 bridgehead atoms. The Morgan fingerprint density at radius 3 is 2.37 bits per heavy atom. The molecule has 0 saturated carbocycles. The van der Waals surface area contributed by atoms with Crippen molar-refractivity contribution in [2.45, 2.75) is 13.1 Å². The molecule has 0 saturated heterocycles. The van der Waals surface area contributed by atoms with Crippen LogP contribution >= 0.6 is 22.9 Å². The lowest BCUT2D eigenvalue weighted by atomic mass is 10.2. The van der Waals surface area contributed by atoms with Gasteiger partial charge < -0.3 is 10.6 Å². The zero-order valence-electron chi connectivity index (χ0n) is 13.8. The van der Waals surface area contributed by atoms with Crippen LogP contribution in [-0.2, 0) is 13.1 Å². The highest BCUT2D eigenvalue weighted by Crippen LogP contribution is 2.15. The molecule has 0 fully saturated rings. The van der Waals surface area contributed by atoms with Crippen LogP contribution in [0.4, 0.5) is 4.39 Å². The third-order valence-electron chi connectivity index (χ3n) is 3.45. The molecule has 0 atom stereocenters. The lowest BCUT2D eigenvalue weighted by Gasteiger charge is -2.07. The molecule has 2 amide bonds. The van der Waals surface area contributed by atoms with Crippen LogP contribution in [0.15, 0.2) is 42.2 Å². The van der Waals surface area contributed by atoms with Gasteiger partial charge in [0.15, 0.2) is 0 Å². The number of carbonyl (C=O) groups excluding carboxylic acids is 2. The van der Waals surface area contributed by atoms with Gasteiger partial charge in [0.1, 0.15) is 28.5 Å². The van der Waals surface area contributed by atoms with E-state index in [2.05, 4.69) is 25.6 Å². The third-order valence-corrected chi connectivity index (χ3v) is 4.52. The van der Waals surface area contributed by atoms with Crippen LogP contribution in [0.2, 0.25) is 5.02 Å². The lowest BCUT2D eigenvalue weighted by molar-refractivity contribution is 0.0944. The minimum atomic E-state index is -0.532. The number of halogens is 2. The van der Waals surface area contributed by atoms with Gasteiger partial charge in [0, 0.05) is 24.2 Å². The number of nitrogens with zero attached hydrogens (tertiary/aromatic N) is 3. The predicted octanol–water partition coefficient (Wildman–Crippen LogP) is 2.59. The van der Waals surface area contributed by atoms with E-state index >= 15 is 0 Å². The predicted molar refractivity (Wildman–Crippen MR) is 97.9 cm³/mol. The van der Waals surface area contributed by atoms with Gasteiger partial charge in [-0.2, -0.15) is 0 Å². The number of hydrogen-bond donors (Lipinski definition) is 2. The third kappa shape index (κ3) is 5.05. The number of hydrogen-bond acceptors (Lipinski definition) is 6. The van der Waals surface area contributed by atoms with Crippen LogP contribution in [0.5, 0.6) is 0 Å². The number of aromatic nitrogens is 3. The van der Waals surface area contributed by atoms with Crippen LogP contribution in [0.25, 0.3) is 0 Å². The lowest BCUT2D eigenvalue weighted by Crippen LogP contribution is -2.27. The molecule has 27 heavy (non-hydrogen) atoms. The maximum absolute atomic E-state index is 13.2. The van der Waals surface area contributed by atoms with E-state index in [1.165, 1.54) is 35.6 Å². The summed E-state index contributed by atoms with van der Waals surface area (Å²) >= 11 is 7.13. The second-order valence-corrected chi connectivity index (χ2v) is 6.71. The molecule has 2 aromatic heterocycles. The number of amides is 2. The molecule has 0 aliphatic carbocycles. The van der Waals surface area contributed by atoms with Crippen LogP contribution in [0.3, 0.4) is 0 Å². The molecule has 0 aliphatic heterocycles. The Hall–Kier alpha value is -2.91. The fourth-order valence-electron chi connectivity index (χ4n) is 2.11. The largest absolute Gasteiger partial charge is 0.347 e. The van der Waals surface area contributed by atoms with Crippen LogP contribution in [0.1, 0.15) is 31.5 Å². The molecule has 2 N–H and O–H groups in total. The normalized spacial score (nSPS) is 10.4. The molecule has 0 unspecified atom stereocenters. The van der Waals surface area contributed by atoms with E-state index < -0.39 is 17.6 Å². The minimum absolute atomic E-state index is 0.0250. The van der Waals surface area contributed by atoms with E-state index in [1.807, 2.05) is 5.38 Å². The molecule has 7 nitrogen and oxygen atoms in total. The van der Waals surface area contributed by atoms with Crippen molar-refractivity contribution in [3.8, 4) is 0 Å². The highest BCUT2D eigenvalue weighted by atomic mass is 35.5. The van der Waals surface area contributed by atoms with Crippen molar-refractivity contribution in [3.05, 3.63) is 75.0 Å². The Morgan fingerprint density at radius 1 is 1.04 bits per heavy atom. The van der Waals surface area contributed by atoms with Crippen LogP contribution < -0.4 is 10.6 Å². The second-order valence-electron chi connectivity index (χ2n) is 5.33. The van der Waals surface area contributed by atoms with Crippen molar-refractivity contribution < 1.29 is 14.0 Å². The van der Waals surface area contributed by atoms with Crippen molar-refractivity contribution in [1.82, 2.24) is 25.6 Å². The van der Waals surface area contributed by atoms with Gasteiger partial charge in [-0.3, -0.25) is 9.59 Å². The maximum Gasteiger partial charge on any atom is 0.270 e. The zero-order valence-corrected chi connectivity index (χ0v) is 15.4. The summed E-state index contributed by atoms with van der Waals surface area (Å²) in [5.74, 6) is -1.46. The highest BCUT2D eigenvalue weighted by molar-refractivity contribution is 7.09. The molecule has 0 radical (unpaired) electrons. The van der Waals surface area contributed by atoms with E-state index in [-0.39, 0.29) is 29.5 Å². The van der Waals surface area contributed by atoms with Gasteiger partial charge in [-0.1, -0.05) is 17.7 Å². The highest BCUT2D eigenvalue weighted by Gasteiger charge is 2.13. The number of thiazole rings is 1. The maximum atomic E-state index is 13.2. The van der Waals surface area contributed by atoms with E-state index in [9.17, 15) is 14.0 Å². The molecule has 3 aromatic rings. The quantitative estimate of drug-likeness (QED) is 0.657. The van der Waals surface area contributed by atoms with E-state index in [1.54, 1.807) is 6.20 Å². The van der Waals surface area contributed by atoms with Crippen LogP contribution in [0, 0.1) is 5.82 Å². The molecule has 3 rings (SSSR count). The summed E-state index contributed by atoms with van der Waals surface area (Å²) in [5, 5.41) is 7.85. The summed E-state index contributed by atoms with van der Waals surface area (Å²) in [6.07, 6.45) is 2.79. The first kappa shape index (κ1) is 18.9. The van der Waals surface area contributed by atoms with Gasteiger partial charge in [-0.25, -0.2) is 19.3 Å². The number of rotatable bonds is 6. The number of benzene rings is 1. The monoisotopic (exact) mass is 405 g/mol. The number of carbonyl (C=O) groups is 2. The first-order valence-electron chi connectivity index (χ1n) is 7.73. The van der Waals surface area contributed by atoms with Crippen molar-refractivity contribution >= 4 is 34.8 Å². The summed E-state index contributed by atoms with van der Waals surface area (Å²) in [5.41, 5.74) is 0.736. The molecule has 10 heteroatoms. The Morgan fingerprint density at radius 2 is 1.74 bits per heavy atom. The van der Waals surface area contributed by atoms with Crippen LogP contribution in [-0.4, -0.2) is 26.8 Å². The molecule has 2 heterocycles. The summed E-state index contributed by atoms with van der Waals surface area (Å²) in [7, 11) is 0. The topological polar surface area (TPSA) is 96.9 Å². The summed E-state index contributed by atoms with van der Waals surface area (Å²) < 4.78 is 13.2. The fourth-order valence-corrected chi connectivity index (χ4v) is 2.87. The fraction of sp³-hybridized carbons (Fsp3) is 0.118. The summed E-state index contributed by atoms with van der Waals surface area (Å²) in [6.45, 7) is 0.405. The zero-order chi connectivity index (χ0) is 19.2. The summed E-state index contributed by atoms with van der Waals surface area (Å²) in [6, 6.07) is 5.46. The molecule has 0 aliphatic rings. The standard InChI is InChI=1S/C17H13ClFN5O2S/c18-11-5-10(1-2-12(11)19)7-21-16(25)13-6-14(24-9-23-13)17(26)22-8-15-20-3-4-27-15/h1-6,9H,7-8H2,(H,21,25)(H,22,26). The van der Waals surface area contributed by atoms with Crippen molar-refractivity contribution in [2.24, 2.45) is 0 Å².